The lowest BCUT2D eigenvalue weighted by Crippen LogP contribution is -2.19. The third-order valence-corrected chi connectivity index (χ3v) is 5.43. The second-order valence-corrected chi connectivity index (χ2v) is 7.63. The van der Waals surface area contributed by atoms with Crippen LogP contribution in [0.2, 0.25) is 5.02 Å². The van der Waals surface area contributed by atoms with Crippen LogP contribution in [0.25, 0.3) is 22.4 Å². The van der Waals surface area contributed by atoms with Crippen LogP contribution in [0.4, 0.5) is 5.82 Å². The quantitative estimate of drug-likeness (QED) is 0.543. The number of hydrogen-bond acceptors (Lipinski definition) is 5. The van der Waals surface area contributed by atoms with Crippen LogP contribution in [0.15, 0.2) is 54.6 Å². The Kier molecular flexibility index (Phi) is 5.88. The Morgan fingerprint density at radius 2 is 2.03 bits per heavy atom. The largest absolute Gasteiger partial charge is 0.507 e. The molecule has 1 amide bonds. The third-order valence-electron chi connectivity index (χ3n) is 5.10. The fourth-order valence-electron chi connectivity index (χ4n) is 3.54. The number of benzene rings is 2. The fraction of sp³-hybridized carbons (Fsp3) is 0.217. The highest BCUT2D eigenvalue weighted by atomic mass is 35.5. The zero-order valence-corrected chi connectivity index (χ0v) is 17.0. The van der Waals surface area contributed by atoms with Crippen molar-refractivity contribution in [3.63, 3.8) is 0 Å². The minimum absolute atomic E-state index is 0.0475. The number of aromatic hydroxyl groups is 1. The van der Waals surface area contributed by atoms with Crippen LogP contribution in [-0.4, -0.2) is 35.3 Å². The van der Waals surface area contributed by atoms with Crippen LogP contribution in [0, 0.1) is 0 Å². The van der Waals surface area contributed by atoms with E-state index in [0.29, 0.717) is 28.6 Å². The lowest BCUT2D eigenvalue weighted by atomic mass is 10.0. The normalized spacial score (nSPS) is 15.8. The molecule has 0 aliphatic carbocycles. The summed E-state index contributed by atoms with van der Waals surface area (Å²) in [7, 11) is 0. The van der Waals surface area contributed by atoms with E-state index in [2.05, 4.69) is 5.32 Å². The Balaban J connectivity index is 1.76. The number of nitrogens with one attached hydrogen (secondary N) is 1. The smallest absolute Gasteiger partial charge is 0.252 e. The van der Waals surface area contributed by atoms with Crippen molar-refractivity contribution in [2.45, 2.75) is 18.9 Å². The van der Waals surface area contributed by atoms with Crippen molar-refractivity contribution in [2.75, 3.05) is 18.5 Å². The number of carbonyl (C=O) groups excluding carboxylic acids is 1. The van der Waals surface area contributed by atoms with Crippen molar-refractivity contribution in [1.29, 1.82) is 0 Å². The Hall–Kier alpha value is -3.09. The summed E-state index contributed by atoms with van der Waals surface area (Å²) < 4.78 is 5.69. The van der Waals surface area contributed by atoms with Gasteiger partial charge in [-0.3, -0.25) is 4.79 Å². The van der Waals surface area contributed by atoms with Crippen LogP contribution >= 0.6 is 11.6 Å². The molecule has 2 heterocycles. The molecule has 4 N–H and O–H groups in total. The van der Waals surface area contributed by atoms with E-state index in [1.807, 2.05) is 36.4 Å². The molecule has 1 unspecified atom stereocenters. The summed E-state index contributed by atoms with van der Waals surface area (Å²) in [5.74, 6) is -0.190. The molecule has 0 spiro atoms. The van der Waals surface area contributed by atoms with E-state index in [4.69, 9.17) is 27.1 Å². The summed E-state index contributed by atoms with van der Waals surface area (Å²) in [6.07, 6.45) is 2.24. The number of nitrogens with two attached hydrogens (primary N) is 1. The van der Waals surface area contributed by atoms with Crippen molar-refractivity contribution >= 4 is 23.3 Å². The van der Waals surface area contributed by atoms with Gasteiger partial charge in [0.15, 0.2) is 0 Å². The van der Waals surface area contributed by atoms with Crippen LogP contribution in [0.5, 0.6) is 5.75 Å². The van der Waals surface area contributed by atoms with E-state index in [0.717, 1.165) is 30.6 Å². The fourth-order valence-corrected chi connectivity index (χ4v) is 3.78. The maximum atomic E-state index is 11.7. The van der Waals surface area contributed by atoms with Gasteiger partial charge in [0.2, 0.25) is 0 Å². The number of aromatic nitrogens is 1. The SMILES string of the molecule is NC(=O)c1cc(-c2cc(-c3ccccc3Cl)cc(NCC3CCCO3)n2)ccc1O. The topological polar surface area (TPSA) is 97.5 Å². The van der Waals surface area contributed by atoms with Gasteiger partial charge in [-0.2, -0.15) is 0 Å². The molecule has 7 heteroatoms. The van der Waals surface area contributed by atoms with Crippen LogP contribution in [-0.2, 0) is 4.74 Å². The van der Waals surface area contributed by atoms with E-state index in [9.17, 15) is 9.90 Å². The van der Waals surface area contributed by atoms with Gasteiger partial charge in [-0.05, 0) is 54.8 Å². The van der Waals surface area contributed by atoms with Gasteiger partial charge in [0.1, 0.15) is 11.6 Å². The average Bonchev–Trinajstić information content (AvgIpc) is 3.26. The molecule has 0 radical (unpaired) electrons. The summed E-state index contributed by atoms with van der Waals surface area (Å²) in [6.45, 7) is 1.44. The first-order valence-corrected chi connectivity index (χ1v) is 10.1. The van der Waals surface area contributed by atoms with Gasteiger partial charge in [0.25, 0.3) is 5.91 Å². The van der Waals surface area contributed by atoms with Crippen LogP contribution in [0.3, 0.4) is 0 Å². The van der Waals surface area contributed by atoms with Gasteiger partial charge in [-0.15, -0.1) is 0 Å². The zero-order valence-electron chi connectivity index (χ0n) is 16.3. The molecule has 1 aliphatic rings. The summed E-state index contributed by atoms with van der Waals surface area (Å²) in [5.41, 5.74) is 8.48. The predicted octanol–water partition coefficient (Wildman–Crippen LogP) is 4.46. The highest BCUT2D eigenvalue weighted by Gasteiger charge is 2.17. The lowest BCUT2D eigenvalue weighted by molar-refractivity contribution is 0.0997. The van der Waals surface area contributed by atoms with Crippen molar-refractivity contribution in [2.24, 2.45) is 5.73 Å². The monoisotopic (exact) mass is 423 g/mol. The molecule has 1 atom stereocenters. The molecular weight excluding hydrogens is 402 g/mol. The summed E-state index contributed by atoms with van der Waals surface area (Å²) in [6, 6.07) is 16.1. The number of primary amides is 1. The molecule has 0 saturated carbocycles. The average molecular weight is 424 g/mol. The molecule has 1 aromatic heterocycles. The minimum Gasteiger partial charge on any atom is -0.507 e. The number of pyridine rings is 1. The number of amides is 1. The number of phenols is 1. The molecule has 6 nitrogen and oxygen atoms in total. The van der Waals surface area contributed by atoms with E-state index < -0.39 is 5.91 Å². The van der Waals surface area contributed by atoms with E-state index in [1.165, 1.54) is 6.07 Å². The Morgan fingerprint density at radius 3 is 2.77 bits per heavy atom. The van der Waals surface area contributed by atoms with Crippen molar-refractivity contribution < 1.29 is 14.6 Å². The molecule has 3 aromatic rings. The van der Waals surface area contributed by atoms with Crippen molar-refractivity contribution in [3.05, 3.63) is 65.2 Å². The van der Waals surface area contributed by atoms with Gasteiger partial charge in [0, 0.05) is 29.3 Å². The molecule has 30 heavy (non-hydrogen) atoms. The minimum atomic E-state index is -0.701. The first-order chi connectivity index (χ1) is 14.5. The predicted molar refractivity (Wildman–Crippen MR) is 118 cm³/mol. The van der Waals surface area contributed by atoms with Gasteiger partial charge >= 0.3 is 0 Å². The highest BCUT2D eigenvalue weighted by molar-refractivity contribution is 6.33. The van der Waals surface area contributed by atoms with Gasteiger partial charge in [-0.25, -0.2) is 4.98 Å². The van der Waals surface area contributed by atoms with E-state index in [-0.39, 0.29) is 17.4 Å². The first kappa shape index (κ1) is 20.2. The van der Waals surface area contributed by atoms with Crippen molar-refractivity contribution in [1.82, 2.24) is 4.98 Å². The number of anilines is 1. The maximum absolute atomic E-state index is 11.7. The van der Waals surface area contributed by atoms with Crippen LogP contribution < -0.4 is 11.1 Å². The number of nitrogens with zero attached hydrogens (tertiary/aromatic N) is 1. The summed E-state index contributed by atoms with van der Waals surface area (Å²) >= 11 is 6.42. The molecule has 154 valence electrons. The third kappa shape index (κ3) is 4.40. The standard InChI is InChI=1S/C23H22ClN3O3/c24-19-6-2-1-5-17(19)15-11-20(14-7-8-21(28)18(10-14)23(25)29)27-22(12-15)26-13-16-4-3-9-30-16/h1-2,5-8,10-12,16,28H,3-4,9,13H2,(H2,25,29)(H,26,27). The Bertz CT molecular complexity index is 1080. The molecular formula is C23H22ClN3O3. The number of ether oxygens (including phenoxy) is 1. The molecule has 2 aromatic carbocycles. The van der Waals surface area contributed by atoms with Gasteiger partial charge in [0.05, 0.1) is 17.4 Å². The lowest BCUT2D eigenvalue weighted by Gasteiger charge is -2.15. The molecule has 1 saturated heterocycles. The van der Waals surface area contributed by atoms with Gasteiger partial charge in [-0.1, -0.05) is 29.8 Å². The second kappa shape index (κ2) is 8.73. The Morgan fingerprint density at radius 1 is 1.20 bits per heavy atom. The molecule has 1 aliphatic heterocycles. The van der Waals surface area contributed by atoms with E-state index in [1.54, 1.807) is 12.1 Å². The second-order valence-electron chi connectivity index (χ2n) is 7.22. The van der Waals surface area contributed by atoms with E-state index >= 15 is 0 Å². The molecule has 1 fully saturated rings. The number of carbonyl (C=O) groups is 1. The molecule has 0 bridgehead atoms. The first-order valence-electron chi connectivity index (χ1n) is 9.77. The highest BCUT2D eigenvalue weighted by Crippen LogP contribution is 2.33. The number of hydrogen-bond donors (Lipinski definition) is 3. The number of halogens is 1. The summed E-state index contributed by atoms with van der Waals surface area (Å²) in [4.78, 5) is 16.4. The molecule has 4 rings (SSSR count). The van der Waals surface area contributed by atoms with Crippen LogP contribution in [0.1, 0.15) is 23.2 Å². The summed E-state index contributed by atoms with van der Waals surface area (Å²) in [5, 5.41) is 13.9. The zero-order chi connectivity index (χ0) is 21.1. The maximum Gasteiger partial charge on any atom is 0.252 e. The number of rotatable bonds is 6. The Labute approximate surface area is 179 Å². The van der Waals surface area contributed by atoms with Gasteiger partial charge < -0.3 is 20.9 Å². The van der Waals surface area contributed by atoms with Crippen molar-refractivity contribution in [3.8, 4) is 28.1 Å².